The van der Waals surface area contributed by atoms with Crippen molar-refractivity contribution in [1.29, 1.82) is 0 Å². The average molecular weight is 1020 g/mol. The predicted octanol–water partition coefficient (Wildman–Crippen LogP) is 8.11. The van der Waals surface area contributed by atoms with Gasteiger partial charge >= 0.3 is 0 Å². The summed E-state index contributed by atoms with van der Waals surface area (Å²) in [5.41, 5.74) is 6.22. The van der Waals surface area contributed by atoms with Crippen molar-refractivity contribution in [3.05, 3.63) is 140 Å². The molecule has 3 aliphatic heterocycles. The highest BCUT2D eigenvalue weighted by Crippen LogP contribution is 2.49. The number of ketones is 2. The molecule has 13 heteroatoms. The Morgan fingerprint density at radius 3 is 2.51 bits per heavy atom. The van der Waals surface area contributed by atoms with E-state index in [4.69, 9.17) is 4.74 Å². The number of carbonyl (C=O) groups is 2. The van der Waals surface area contributed by atoms with Crippen molar-refractivity contribution in [3.8, 4) is 29.1 Å². The number of phenolic OH excluding ortho intramolecular Hbond substituents is 2. The molecule has 2 fully saturated rings. The van der Waals surface area contributed by atoms with E-state index in [0.717, 1.165) is 78.6 Å². The number of carbonyl (C=O) groups excluding carboxylic acids is 2. The molecule has 13 nitrogen and oxygen atoms in total. The smallest absolute Gasteiger partial charge is 0.163 e. The molecular formula is C62H70N4O9. The highest BCUT2D eigenvalue weighted by molar-refractivity contribution is 6.05. The van der Waals surface area contributed by atoms with E-state index in [1.54, 1.807) is 36.4 Å². The van der Waals surface area contributed by atoms with Crippen molar-refractivity contribution in [2.24, 2.45) is 23.7 Å². The molecule has 0 radical (unpaired) electrons. The van der Waals surface area contributed by atoms with Gasteiger partial charge in [0.25, 0.3) is 0 Å². The third kappa shape index (κ3) is 10.4. The van der Waals surface area contributed by atoms with E-state index in [0.29, 0.717) is 53.3 Å². The van der Waals surface area contributed by atoms with Crippen LogP contribution in [0.25, 0.3) is 12.2 Å². The van der Waals surface area contributed by atoms with Crippen molar-refractivity contribution in [1.82, 2.24) is 15.3 Å². The molecule has 5 heterocycles. The van der Waals surface area contributed by atoms with Crippen LogP contribution in [-0.4, -0.2) is 95.2 Å². The number of benzene rings is 3. The zero-order valence-corrected chi connectivity index (χ0v) is 42.7. The second-order valence-electron chi connectivity index (χ2n) is 22.4. The minimum absolute atomic E-state index is 0.0812. The van der Waals surface area contributed by atoms with Crippen LogP contribution in [0.1, 0.15) is 139 Å². The number of aromatic hydroxyl groups is 2. The molecule has 0 amide bonds. The molecule has 10 atom stereocenters. The molecule has 11 rings (SSSR count). The van der Waals surface area contributed by atoms with Crippen LogP contribution in [0.3, 0.4) is 0 Å². The number of fused-ring (bicyclic) bond motifs is 8. The second-order valence-corrected chi connectivity index (χ2v) is 22.4. The molecule has 2 aromatic heterocycles. The maximum absolute atomic E-state index is 16.2. The lowest BCUT2D eigenvalue weighted by Crippen LogP contribution is -2.47. The highest BCUT2D eigenvalue weighted by Gasteiger charge is 2.47. The summed E-state index contributed by atoms with van der Waals surface area (Å²) in [5, 5.41) is 78.9. The quantitative estimate of drug-likeness (QED) is 0.0554. The molecule has 6 aliphatic rings. The lowest BCUT2D eigenvalue weighted by Gasteiger charge is -2.39. The summed E-state index contributed by atoms with van der Waals surface area (Å²) < 4.78 is 6.47. The maximum atomic E-state index is 16.2. The fourth-order valence-electron chi connectivity index (χ4n) is 13.1. The first-order valence-corrected chi connectivity index (χ1v) is 27.3. The van der Waals surface area contributed by atoms with Gasteiger partial charge in [0.1, 0.15) is 29.5 Å². The number of aromatic nitrogens is 2. The standard InChI is InChI=1S/C62H70N4O9/c1-35-9-14-50(65-34-35)45-13-15-51-47-32-52-44(20-25-63-52)49(33-62(74)22-17-37-5-4-8-53(68)43(37)18-23-62)57(47)60(73)46(21-26-67)54(69)16-10-36-27-48(59(72)56(28-36)75-42-6-2-3-7-42)58(71)39-12-11-38(31-55(45)70)41(29-39)30-40-19-24-64-61(40)66-51/h4-5,8,11-12,18-20,23-25,27-29,32,35,42,45-46,49-51,55,57-58,63-68,70-72,74H,2-3,6-7,9-10,14,16-17,21-22,26,30-31,33-34H2,1H3. The summed E-state index contributed by atoms with van der Waals surface area (Å²) in [5.74, 6) is 4.16. The number of Topliss-reactive ketones (excluding diaryl/α,β-unsaturated/α-hetero) is 2. The molecule has 392 valence electrons. The average Bonchev–Trinajstić information content (AvgIpc) is 4.18. The van der Waals surface area contributed by atoms with Crippen LogP contribution in [0.4, 0.5) is 5.82 Å². The van der Waals surface area contributed by atoms with Gasteiger partial charge < -0.3 is 56.0 Å². The lowest BCUT2D eigenvalue weighted by molar-refractivity contribution is -0.135. The largest absolute Gasteiger partial charge is 0.507 e. The number of nitrogens with one attached hydrogen (secondary N) is 4. The minimum Gasteiger partial charge on any atom is -0.507 e. The second kappa shape index (κ2) is 21.3. The van der Waals surface area contributed by atoms with Gasteiger partial charge in [0.15, 0.2) is 17.3 Å². The number of ether oxygens (including phenoxy) is 1. The molecule has 3 aliphatic carbocycles. The number of H-pyrrole nitrogens is 2. The Labute approximate surface area is 438 Å². The summed E-state index contributed by atoms with van der Waals surface area (Å²) in [4.78, 5) is 38.0. The number of phenols is 2. The van der Waals surface area contributed by atoms with Gasteiger partial charge in [-0.05, 0) is 170 Å². The van der Waals surface area contributed by atoms with E-state index in [9.17, 15) is 30.6 Å². The highest BCUT2D eigenvalue weighted by atomic mass is 16.5. The third-order valence-electron chi connectivity index (χ3n) is 17.3. The van der Waals surface area contributed by atoms with Crippen LogP contribution in [0.15, 0.2) is 84.7 Å². The molecule has 3 aromatic carbocycles. The fourth-order valence-corrected chi connectivity index (χ4v) is 13.1. The number of rotatable bonds is 7. The number of aliphatic hydroxyl groups is 4. The topological polar surface area (TPSA) is 220 Å². The number of anilines is 1. The normalized spacial score (nSPS) is 29.0. The Bertz CT molecular complexity index is 3070. The number of piperidine rings is 1. The van der Waals surface area contributed by atoms with E-state index < -0.39 is 59.9 Å². The summed E-state index contributed by atoms with van der Waals surface area (Å²) in [6.07, 6.45) is 13.6. The lowest BCUT2D eigenvalue weighted by atomic mass is 9.65. The van der Waals surface area contributed by atoms with Gasteiger partial charge in [-0.2, -0.15) is 0 Å². The predicted molar refractivity (Wildman–Crippen MR) is 287 cm³/mol. The molecule has 10 N–H and O–H groups in total. The summed E-state index contributed by atoms with van der Waals surface area (Å²) in [6, 6.07) is 17.5. The molecule has 10 unspecified atom stereocenters. The fraction of sp³-hybridized carbons (Fsp3) is 0.452. The van der Waals surface area contributed by atoms with E-state index in [2.05, 4.69) is 39.4 Å². The van der Waals surface area contributed by atoms with Crippen molar-refractivity contribution < 1.29 is 45.0 Å². The van der Waals surface area contributed by atoms with Gasteiger partial charge in [0, 0.05) is 66.5 Å². The van der Waals surface area contributed by atoms with Crippen LogP contribution in [-0.2, 0) is 35.3 Å². The molecule has 75 heavy (non-hydrogen) atoms. The van der Waals surface area contributed by atoms with Gasteiger partial charge in [0.2, 0.25) is 0 Å². The van der Waals surface area contributed by atoms with Crippen LogP contribution in [0, 0.1) is 35.5 Å². The van der Waals surface area contributed by atoms with Gasteiger partial charge in [-0.3, -0.25) is 9.59 Å². The molecular weight excluding hydrogens is 945 g/mol. The van der Waals surface area contributed by atoms with Gasteiger partial charge in [0.05, 0.1) is 29.6 Å². The Morgan fingerprint density at radius 2 is 1.69 bits per heavy atom. The molecule has 1 saturated carbocycles. The number of hydrogen-bond acceptors (Lipinski definition) is 11. The zero-order chi connectivity index (χ0) is 52.0. The Balaban J connectivity index is 1.10. The first-order valence-electron chi connectivity index (χ1n) is 27.3. The number of aliphatic hydroxyl groups excluding tert-OH is 3. The Morgan fingerprint density at radius 1 is 0.853 bits per heavy atom. The number of aromatic amines is 2. The third-order valence-corrected chi connectivity index (χ3v) is 17.3. The van der Waals surface area contributed by atoms with E-state index in [1.807, 2.05) is 54.9 Å². The summed E-state index contributed by atoms with van der Waals surface area (Å²) in [6.45, 7) is 2.54. The van der Waals surface area contributed by atoms with Gasteiger partial charge in [-0.1, -0.05) is 61.2 Å². The first-order chi connectivity index (χ1) is 36.3. The van der Waals surface area contributed by atoms with Gasteiger partial charge in [-0.15, -0.1) is 0 Å². The Kier molecular flexibility index (Phi) is 14.4. The summed E-state index contributed by atoms with van der Waals surface area (Å²) >= 11 is 0. The molecule has 0 spiro atoms. The van der Waals surface area contributed by atoms with Crippen LogP contribution < -0.4 is 15.4 Å². The van der Waals surface area contributed by atoms with Crippen molar-refractivity contribution >= 4 is 29.5 Å². The van der Waals surface area contributed by atoms with E-state index >= 15 is 9.59 Å². The maximum Gasteiger partial charge on any atom is 0.163 e. The van der Waals surface area contributed by atoms with Crippen molar-refractivity contribution in [3.63, 3.8) is 0 Å². The monoisotopic (exact) mass is 1010 g/mol. The van der Waals surface area contributed by atoms with Crippen molar-refractivity contribution in [2.45, 2.75) is 139 Å². The number of hydrogen-bond donors (Lipinski definition) is 10. The van der Waals surface area contributed by atoms with Crippen molar-refractivity contribution in [2.75, 3.05) is 18.5 Å². The molecule has 5 bridgehead atoms. The van der Waals surface area contributed by atoms with E-state index in [-0.39, 0.29) is 72.8 Å². The van der Waals surface area contributed by atoms with Crippen LogP contribution in [0.2, 0.25) is 0 Å². The summed E-state index contributed by atoms with van der Waals surface area (Å²) in [7, 11) is 0. The van der Waals surface area contributed by atoms with E-state index in [1.165, 1.54) is 0 Å². The van der Waals surface area contributed by atoms with Crippen LogP contribution >= 0.6 is 0 Å². The van der Waals surface area contributed by atoms with Crippen LogP contribution in [0.5, 0.6) is 17.2 Å². The molecule has 5 aromatic rings. The first kappa shape index (κ1) is 50.7. The Hall–Kier alpha value is -6.40. The number of aryl methyl sites for hydroxylation is 2. The minimum atomic E-state index is -1.46. The van der Waals surface area contributed by atoms with Gasteiger partial charge in [-0.25, -0.2) is 0 Å². The zero-order valence-electron chi connectivity index (χ0n) is 42.7. The SMILES string of the molecule is CC1CCC(C2C#CC3Nc4[nH]ccc4Cc4cc(ccc4CC2O)C(O)c2cc(cc(OC4CCCC4)c2O)CCC(=O)C(CCO)C(=O)C2C3=Cc3[nH]ccc3C2CC2(O)C=Cc3c(O)cccc3CC2)NC1. The molecule has 1 saturated heterocycles.